The summed E-state index contributed by atoms with van der Waals surface area (Å²) < 4.78 is 13.0. The van der Waals surface area contributed by atoms with Crippen LogP contribution < -0.4 is 5.32 Å². The van der Waals surface area contributed by atoms with E-state index in [9.17, 15) is 9.18 Å². The molecule has 2 aliphatic rings. The van der Waals surface area contributed by atoms with Crippen molar-refractivity contribution in [3.63, 3.8) is 0 Å². The molecule has 2 fully saturated rings. The van der Waals surface area contributed by atoms with E-state index in [2.05, 4.69) is 20.4 Å². The van der Waals surface area contributed by atoms with Gasteiger partial charge in [0.05, 0.1) is 5.69 Å². The summed E-state index contributed by atoms with van der Waals surface area (Å²) in [6, 6.07) is 8.50. The van der Waals surface area contributed by atoms with Crippen molar-refractivity contribution in [2.75, 3.05) is 13.1 Å². The third-order valence-corrected chi connectivity index (χ3v) is 5.13. The largest absolute Gasteiger partial charge is 0.346 e. The highest BCUT2D eigenvalue weighted by Gasteiger charge is 2.36. The molecule has 1 amide bonds. The van der Waals surface area contributed by atoms with E-state index in [1.165, 1.54) is 25.0 Å². The van der Waals surface area contributed by atoms with Crippen LogP contribution in [0.25, 0.3) is 11.3 Å². The second-order valence-corrected chi connectivity index (χ2v) is 6.64. The average molecular weight is 328 g/mol. The van der Waals surface area contributed by atoms with E-state index < -0.39 is 0 Å². The van der Waals surface area contributed by atoms with Gasteiger partial charge in [0.15, 0.2) is 0 Å². The molecule has 126 valence electrons. The van der Waals surface area contributed by atoms with Crippen LogP contribution in [-0.2, 0) is 0 Å². The Kier molecular flexibility index (Phi) is 4.06. The number of aromatic nitrogens is 2. The van der Waals surface area contributed by atoms with Crippen LogP contribution in [0.15, 0.2) is 30.3 Å². The third-order valence-electron chi connectivity index (χ3n) is 5.13. The fourth-order valence-electron chi connectivity index (χ4n) is 3.87. The van der Waals surface area contributed by atoms with Gasteiger partial charge in [-0.1, -0.05) is 6.42 Å². The molecule has 0 saturated carbocycles. The molecule has 0 bridgehead atoms. The number of H-pyrrole nitrogens is 1. The number of carbonyl (C=O) groups is 1. The van der Waals surface area contributed by atoms with Gasteiger partial charge in [0.1, 0.15) is 11.5 Å². The first-order valence-electron chi connectivity index (χ1n) is 8.57. The summed E-state index contributed by atoms with van der Waals surface area (Å²) in [4.78, 5) is 15.0. The minimum absolute atomic E-state index is 0.117. The Balaban J connectivity index is 1.44. The molecule has 0 aliphatic carbocycles. The lowest BCUT2D eigenvalue weighted by Crippen LogP contribution is -2.46. The molecule has 6 heteroatoms. The van der Waals surface area contributed by atoms with Crippen molar-refractivity contribution in [1.82, 2.24) is 20.4 Å². The van der Waals surface area contributed by atoms with Gasteiger partial charge in [-0.15, -0.1) is 0 Å². The number of benzene rings is 1. The van der Waals surface area contributed by atoms with Crippen molar-refractivity contribution in [3.8, 4) is 11.3 Å². The van der Waals surface area contributed by atoms with Crippen LogP contribution in [0.1, 0.15) is 36.2 Å². The van der Waals surface area contributed by atoms with Crippen LogP contribution in [0, 0.1) is 5.82 Å². The Hall–Kier alpha value is -2.21. The molecule has 2 N–H and O–H groups in total. The first-order valence-corrected chi connectivity index (χ1v) is 8.57. The number of aromatic amines is 1. The molecular formula is C18H21FN4O. The number of nitrogens with zero attached hydrogens (tertiary/aromatic N) is 2. The van der Waals surface area contributed by atoms with Crippen LogP contribution in [0.2, 0.25) is 0 Å². The van der Waals surface area contributed by atoms with E-state index in [0.29, 0.717) is 17.4 Å². The molecule has 2 atom stereocenters. The van der Waals surface area contributed by atoms with Gasteiger partial charge in [0, 0.05) is 24.2 Å². The SMILES string of the molecule is O=C(NC1CCN2CCCCC12)c1cc(-c2ccc(F)cc2)n[nH]1. The molecule has 4 rings (SSSR count). The summed E-state index contributed by atoms with van der Waals surface area (Å²) in [6.07, 6.45) is 4.68. The molecule has 5 nitrogen and oxygen atoms in total. The lowest BCUT2D eigenvalue weighted by Gasteiger charge is -2.32. The lowest BCUT2D eigenvalue weighted by atomic mass is 9.99. The highest BCUT2D eigenvalue weighted by Crippen LogP contribution is 2.27. The monoisotopic (exact) mass is 328 g/mol. The number of fused-ring (bicyclic) bond motifs is 1. The van der Waals surface area contributed by atoms with E-state index in [-0.39, 0.29) is 17.8 Å². The Labute approximate surface area is 140 Å². The van der Waals surface area contributed by atoms with Gasteiger partial charge < -0.3 is 5.32 Å². The molecule has 0 spiro atoms. The Morgan fingerprint density at radius 3 is 2.88 bits per heavy atom. The highest BCUT2D eigenvalue weighted by atomic mass is 19.1. The van der Waals surface area contributed by atoms with E-state index >= 15 is 0 Å². The van der Waals surface area contributed by atoms with Crippen molar-refractivity contribution < 1.29 is 9.18 Å². The molecule has 1 aromatic carbocycles. The molecule has 1 aromatic heterocycles. The number of hydrogen-bond acceptors (Lipinski definition) is 3. The normalized spacial score (nSPS) is 23.9. The maximum atomic E-state index is 13.0. The van der Waals surface area contributed by atoms with E-state index in [1.54, 1.807) is 18.2 Å². The number of carbonyl (C=O) groups excluding carboxylic acids is 1. The molecule has 24 heavy (non-hydrogen) atoms. The first-order chi connectivity index (χ1) is 11.7. The zero-order valence-electron chi connectivity index (χ0n) is 13.5. The smallest absolute Gasteiger partial charge is 0.269 e. The summed E-state index contributed by atoms with van der Waals surface area (Å²) in [5, 5.41) is 10.1. The second-order valence-electron chi connectivity index (χ2n) is 6.64. The Morgan fingerprint density at radius 1 is 1.21 bits per heavy atom. The zero-order chi connectivity index (χ0) is 16.5. The van der Waals surface area contributed by atoms with E-state index in [0.717, 1.165) is 31.5 Å². The standard InChI is InChI=1S/C18H21FN4O/c19-13-6-4-12(5-7-13)15-11-16(22-21-15)18(24)20-14-8-10-23-9-2-1-3-17(14)23/h4-7,11,14,17H,1-3,8-10H2,(H,20,24)(H,21,22). The van der Waals surface area contributed by atoms with E-state index in [4.69, 9.17) is 0 Å². The number of rotatable bonds is 3. The van der Waals surface area contributed by atoms with Crippen molar-refractivity contribution in [3.05, 3.63) is 41.8 Å². The fraction of sp³-hybridized carbons (Fsp3) is 0.444. The van der Waals surface area contributed by atoms with Crippen molar-refractivity contribution in [2.24, 2.45) is 0 Å². The number of amides is 1. The second kappa shape index (κ2) is 6.36. The number of halogens is 1. The average Bonchev–Trinajstić information content (AvgIpc) is 3.23. The summed E-state index contributed by atoms with van der Waals surface area (Å²) in [5.41, 5.74) is 1.88. The Morgan fingerprint density at radius 2 is 2.04 bits per heavy atom. The number of nitrogens with one attached hydrogen (secondary N) is 2. The summed E-state index contributed by atoms with van der Waals surface area (Å²) in [7, 11) is 0. The predicted octanol–water partition coefficient (Wildman–Crippen LogP) is 2.57. The van der Waals surface area contributed by atoms with Crippen LogP contribution in [0.5, 0.6) is 0 Å². The fourth-order valence-corrected chi connectivity index (χ4v) is 3.87. The van der Waals surface area contributed by atoms with Crippen molar-refractivity contribution in [1.29, 1.82) is 0 Å². The summed E-state index contributed by atoms with van der Waals surface area (Å²) in [6.45, 7) is 2.22. The summed E-state index contributed by atoms with van der Waals surface area (Å²) >= 11 is 0. The third kappa shape index (κ3) is 2.94. The van der Waals surface area contributed by atoms with Gasteiger partial charge >= 0.3 is 0 Å². The minimum atomic E-state index is -0.287. The predicted molar refractivity (Wildman–Crippen MR) is 89.1 cm³/mol. The number of piperidine rings is 1. The van der Waals surface area contributed by atoms with Crippen molar-refractivity contribution in [2.45, 2.75) is 37.8 Å². The number of hydrogen-bond donors (Lipinski definition) is 2. The first kappa shape index (κ1) is 15.3. The van der Waals surface area contributed by atoms with Crippen LogP contribution >= 0.6 is 0 Å². The molecule has 2 saturated heterocycles. The van der Waals surface area contributed by atoms with Gasteiger partial charge in [-0.2, -0.15) is 5.10 Å². The highest BCUT2D eigenvalue weighted by molar-refractivity contribution is 5.93. The molecule has 3 heterocycles. The van der Waals surface area contributed by atoms with Crippen molar-refractivity contribution >= 4 is 5.91 Å². The van der Waals surface area contributed by atoms with E-state index in [1.807, 2.05) is 0 Å². The lowest BCUT2D eigenvalue weighted by molar-refractivity contribution is 0.0910. The van der Waals surface area contributed by atoms with Crippen LogP contribution in [0.4, 0.5) is 4.39 Å². The zero-order valence-corrected chi connectivity index (χ0v) is 13.5. The molecule has 2 aliphatic heterocycles. The molecule has 2 unspecified atom stereocenters. The van der Waals surface area contributed by atoms with Gasteiger partial charge in [-0.25, -0.2) is 4.39 Å². The van der Waals surface area contributed by atoms with Gasteiger partial charge in [-0.3, -0.25) is 14.8 Å². The molecular weight excluding hydrogens is 307 g/mol. The summed E-state index contributed by atoms with van der Waals surface area (Å²) in [5.74, 6) is -0.404. The molecule has 0 radical (unpaired) electrons. The maximum Gasteiger partial charge on any atom is 0.269 e. The maximum absolute atomic E-state index is 13.0. The van der Waals surface area contributed by atoms with Gasteiger partial charge in [0.25, 0.3) is 5.91 Å². The van der Waals surface area contributed by atoms with Gasteiger partial charge in [-0.05, 0) is 56.1 Å². The Bertz CT molecular complexity index is 727. The van der Waals surface area contributed by atoms with Gasteiger partial charge in [0.2, 0.25) is 0 Å². The quantitative estimate of drug-likeness (QED) is 0.910. The van der Waals surface area contributed by atoms with Crippen LogP contribution in [0.3, 0.4) is 0 Å². The topological polar surface area (TPSA) is 61.0 Å². The molecule has 2 aromatic rings. The minimum Gasteiger partial charge on any atom is -0.346 e. The van der Waals surface area contributed by atoms with Crippen LogP contribution in [-0.4, -0.2) is 46.2 Å².